The number of hydrogen-bond donors (Lipinski definition) is 2. The highest BCUT2D eigenvalue weighted by Gasteiger charge is 2.28. The van der Waals surface area contributed by atoms with Crippen molar-refractivity contribution in [2.75, 3.05) is 44.6 Å². The standard InChI is InChI=1S/C28H32N8O2/c37-26(34-14-16-36(17-15-34)28(38)35-12-4-1-5-13-35)25-19-20-18-21(7-8-22(20)32-25)31-27-30-11-9-24(33-27)23-6-2-3-10-29-23/h6-11,18-19,32H,1-5,12-17H2,(H,30,31,33). The molecule has 3 aliphatic heterocycles. The van der Waals surface area contributed by atoms with Crippen molar-refractivity contribution in [3.63, 3.8) is 0 Å². The van der Waals surface area contributed by atoms with Crippen LogP contribution in [0.25, 0.3) is 16.6 Å². The molecule has 10 nitrogen and oxygen atoms in total. The van der Waals surface area contributed by atoms with Crippen LogP contribution >= 0.6 is 0 Å². The zero-order valence-electron chi connectivity index (χ0n) is 21.4. The van der Waals surface area contributed by atoms with Crippen LogP contribution in [0, 0.1) is 0 Å². The lowest BCUT2D eigenvalue weighted by molar-refractivity contribution is 0.0628. The first-order valence-corrected chi connectivity index (χ1v) is 13.4. The summed E-state index contributed by atoms with van der Waals surface area (Å²) >= 11 is 0. The molecule has 6 rings (SSSR count). The van der Waals surface area contributed by atoms with E-state index in [4.69, 9.17) is 0 Å². The van der Waals surface area contributed by atoms with E-state index in [2.05, 4.69) is 31.3 Å². The monoisotopic (exact) mass is 512 g/mol. The van der Waals surface area contributed by atoms with Crippen molar-refractivity contribution in [2.45, 2.75) is 32.1 Å². The quantitative estimate of drug-likeness (QED) is 0.543. The Balaban J connectivity index is 1.10. The molecule has 10 heteroatoms. The number of likely N-dealkylation sites (tertiary alicyclic amines) is 1. The minimum Gasteiger partial charge on any atom is -0.351 e. The SMILES string of the molecule is O=C(c1cc2cc(Nc3nccc(C4=CCCC=N4)n3)ccc2[nH]1)N1CCN(C(=O)N2CCCCC2)CC1. The second-order valence-corrected chi connectivity index (χ2v) is 9.96. The van der Waals surface area contributed by atoms with Gasteiger partial charge in [0, 0.05) is 68.3 Å². The third-order valence-corrected chi connectivity index (χ3v) is 7.35. The number of rotatable bonds is 4. The number of urea groups is 1. The molecule has 0 radical (unpaired) electrons. The molecule has 3 aromatic rings. The number of anilines is 2. The fraction of sp³-hybridized carbons (Fsp3) is 0.393. The minimum absolute atomic E-state index is 0.0434. The molecule has 0 spiro atoms. The van der Waals surface area contributed by atoms with E-state index in [1.807, 2.05) is 51.2 Å². The molecule has 5 heterocycles. The van der Waals surface area contributed by atoms with Gasteiger partial charge in [-0.1, -0.05) is 6.08 Å². The van der Waals surface area contributed by atoms with Crippen molar-refractivity contribution in [2.24, 2.45) is 4.99 Å². The number of allylic oxidation sites excluding steroid dienone is 1. The Morgan fingerprint density at radius 2 is 1.66 bits per heavy atom. The van der Waals surface area contributed by atoms with Crippen molar-refractivity contribution in [1.82, 2.24) is 29.7 Å². The molecule has 38 heavy (non-hydrogen) atoms. The largest absolute Gasteiger partial charge is 0.351 e. The van der Waals surface area contributed by atoms with Gasteiger partial charge in [0.05, 0.1) is 11.4 Å². The average Bonchev–Trinajstić information content (AvgIpc) is 3.41. The molecule has 196 valence electrons. The fourth-order valence-corrected chi connectivity index (χ4v) is 5.25. The van der Waals surface area contributed by atoms with Crippen molar-refractivity contribution in [3.8, 4) is 0 Å². The van der Waals surface area contributed by atoms with Gasteiger partial charge in [0.1, 0.15) is 5.69 Å². The second-order valence-electron chi connectivity index (χ2n) is 9.96. The van der Waals surface area contributed by atoms with Crippen molar-refractivity contribution in [3.05, 3.63) is 54.0 Å². The molecule has 2 saturated heterocycles. The lowest BCUT2D eigenvalue weighted by Gasteiger charge is -2.38. The Hall–Kier alpha value is -4.21. The summed E-state index contributed by atoms with van der Waals surface area (Å²) in [6, 6.07) is 9.71. The highest BCUT2D eigenvalue weighted by molar-refractivity contribution is 5.99. The lowest BCUT2D eigenvalue weighted by Crippen LogP contribution is -2.54. The molecule has 1 aromatic carbocycles. The Morgan fingerprint density at radius 3 is 2.45 bits per heavy atom. The predicted octanol–water partition coefficient (Wildman–Crippen LogP) is 4.27. The van der Waals surface area contributed by atoms with Gasteiger partial charge >= 0.3 is 6.03 Å². The minimum atomic E-state index is -0.0434. The molecule has 2 aromatic heterocycles. The number of nitrogens with one attached hydrogen (secondary N) is 2. The fourth-order valence-electron chi connectivity index (χ4n) is 5.25. The summed E-state index contributed by atoms with van der Waals surface area (Å²) in [5, 5.41) is 4.19. The number of carbonyl (C=O) groups is 2. The molecule has 3 aliphatic rings. The molecular formula is C28H32N8O2. The van der Waals surface area contributed by atoms with Crippen LogP contribution in [-0.4, -0.2) is 87.1 Å². The number of aromatic nitrogens is 3. The first-order chi connectivity index (χ1) is 18.6. The average molecular weight is 513 g/mol. The normalized spacial score (nSPS) is 18.0. The maximum atomic E-state index is 13.2. The first kappa shape index (κ1) is 24.1. The number of fused-ring (bicyclic) bond motifs is 1. The summed E-state index contributed by atoms with van der Waals surface area (Å²) in [6.07, 6.45) is 11.0. The molecule has 0 unspecified atom stereocenters. The van der Waals surface area contributed by atoms with Crippen LogP contribution in [0.1, 0.15) is 48.3 Å². The van der Waals surface area contributed by atoms with Gasteiger partial charge in [-0.25, -0.2) is 14.8 Å². The van der Waals surface area contributed by atoms with Gasteiger partial charge < -0.3 is 25.0 Å². The van der Waals surface area contributed by atoms with Gasteiger partial charge in [-0.05, 0) is 62.4 Å². The third kappa shape index (κ3) is 5.11. The summed E-state index contributed by atoms with van der Waals surface area (Å²) in [5.41, 5.74) is 3.91. The van der Waals surface area contributed by atoms with E-state index in [0.717, 1.165) is 66.8 Å². The van der Waals surface area contributed by atoms with Crippen LogP contribution < -0.4 is 5.32 Å². The van der Waals surface area contributed by atoms with E-state index in [1.54, 1.807) is 6.20 Å². The summed E-state index contributed by atoms with van der Waals surface area (Å²) in [5.74, 6) is 0.449. The molecule has 2 fully saturated rings. The number of aromatic amines is 1. The van der Waals surface area contributed by atoms with Gasteiger partial charge in [-0.3, -0.25) is 9.79 Å². The number of benzene rings is 1. The summed E-state index contributed by atoms with van der Waals surface area (Å²) in [6.45, 7) is 3.89. The number of piperidine rings is 1. The molecular weight excluding hydrogens is 480 g/mol. The number of piperazine rings is 1. The number of H-pyrrole nitrogens is 1. The number of nitrogens with zero attached hydrogens (tertiary/aromatic N) is 6. The number of carbonyl (C=O) groups excluding carboxylic acids is 2. The second kappa shape index (κ2) is 10.6. The summed E-state index contributed by atoms with van der Waals surface area (Å²) in [7, 11) is 0. The maximum Gasteiger partial charge on any atom is 0.320 e. The van der Waals surface area contributed by atoms with Crippen molar-refractivity contribution in [1.29, 1.82) is 0 Å². The van der Waals surface area contributed by atoms with Gasteiger partial charge in [0.15, 0.2) is 0 Å². The topological polar surface area (TPSA) is 110 Å². The van der Waals surface area contributed by atoms with Gasteiger partial charge in [0.25, 0.3) is 5.91 Å². The van der Waals surface area contributed by atoms with Gasteiger partial charge in [-0.2, -0.15) is 0 Å². The van der Waals surface area contributed by atoms with Crippen molar-refractivity contribution >= 4 is 46.4 Å². The van der Waals surface area contributed by atoms with E-state index in [-0.39, 0.29) is 11.9 Å². The van der Waals surface area contributed by atoms with E-state index >= 15 is 0 Å². The maximum absolute atomic E-state index is 13.2. The van der Waals surface area contributed by atoms with Gasteiger partial charge in [-0.15, -0.1) is 0 Å². The summed E-state index contributed by atoms with van der Waals surface area (Å²) in [4.78, 5) is 48.4. The van der Waals surface area contributed by atoms with Crippen LogP contribution in [0.2, 0.25) is 0 Å². The molecule has 3 amide bonds. The molecule has 0 bridgehead atoms. The predicted molar refractivity (Wildman–Crippen MR) is 148 cm³/mol. The molecule has 2 N–H and O–H groups in total. The van der Waals surface area contributed by atoms with E-state index in [9.17, 15) is 9.59 Å². The Kier molecular flexibility index (Phi) is 6.76. The molecule has 0 saturated carbocycles. The Bertz CT molecular complexity index is 1400. The first-order valence-electron chi connectivity index (χ1n) is 13.4. The molecule has 0 atom stereocenters. The van der Waals surface area contributed by atoms with Crippen LogP contribution in [0.4, 0.5) is 16.4 Å². The number of aliphatic imine (C=N–C) groups is 1. The smallest absolute Gasteiger partial charge is 0.320 e. The highest BCUT2D eigenvalue weighted by Crippen LogP contribution is 2.24. The number of hydrogen-bond acceptors (Lipinski definition) is 6. The Morgan fingerprint density at radius 1 is 0.868 bits per heavy atom. The zero-order valence-corrected chi connectivity index (χ0v) is 21.4. The van der Waals surface area contributed by atoms with E-state index in [1.165, 1.54) is 6.42 Å². The third-order valence-electron chi connectivity index (χ3n) is 7.35. The van der Waals surface area contributed by atoms with Crippen LogP contribution in [0.15, 0.2) is 47.6 Å². The van der Waals surface area contributed by atoms with Gasteiger partial charge in [0.2, 0.25) is 5.95 Å². The Labute approximate surface area is 221 Å². The lowest BCUT2D eigenvalue weighted by atomic mass is 10.1. The highest BCUT2D eigenvalue weighted by atomic mass is 16.2. The van der Waals surface area contributed by atoms with Crippen LogP contribution in [-0.2, 0) is 0 Å². The van der Waals surface area contributed by atoms with Crippen LogP contribution in [0.5, 0.6) is 0 Å². The number of amides is 3. The van der Waals surface area contributed by atoms with E-state index < -0.39 is 0 Å². The van der Waals surface area contributed by atoms with Crippen molar-refractivity contribution < 1.29 is 9.59 Å². The summed E-state index contributed by atoms with van der Waals surface area (Å²) < 4.78 is 0. The zero-order chi connectivity index (χ0) is 25.9. The van der Waals surface area contributed by atoms with E-state index in [0.29, 0.717) is 37.8 Å². The van der Waals surface area contributed by atoms with Crippen LogP contribution in [0.3, 0.4) is 0 Å². The molecule has 0 aliphatic carbocycles.